The molecular weight excluding hydrogens is 344 g/mol. The molecule has 2 atom stereocenters. The lowest BCUT2D eigenvalue weighted by Crippen LogP contribution is -2.44. The van der Waals surface area contributed by atoms with E-state index >= 15 is 0 Å². The zero-order valence-corrected chi connectivity index (χ0v) is 17.4. The number of aromatic nitrogens is 2. The predicted octanol–water partition coefficient (Wildman–Crippen LogP) is 4.31. The Morgan fingerprint density at radius 3 is 2.68 bits per heavy atom. The number of benzene rings is 1. The van der Waals surface area contributed by atoms with Gasteiger partial charge in [0.05, 0.1) is 18.1 Å². The van der Waals surface area contributed by atoms with Gasteiger partial charge in [0.1, 0.15) is 0 Å². The molecule has 0 radical (unpaired) electrons. The van der Waals surface area contributed by atoms with Crippen LogP contribution in [0.5, 0.6) is 0 Å². The summed E-state index contributed by atoms with van der Waals surface area (Å²) in [4.78, 5) is 7.21. The van der Waals surface area contributed by atoms with Crippen LogP contribution in [0.25, 0.3) is 0 Å². The van der Waals surface area contributed by atoms with Crippen molar-refractivity contribution < 1.29 is 0 Å². The molecule has 1 aromatic heterocycles. The molecule has 3 aliphatic rings. The van der Waals surface area contributed by atoms with E-state index in [1.54, 1.807) is 5.56 Å². The first-order valence-corrected chi connectivity index (χ1v) is 11.2. The van der Waals surface area contributed by atoms with Crippen LogP contribution in [0.15, 0.2) is 30.7 Å². The summed E-state index contributed by atoms with van der Waals surface area (Å²) in [6.07, 6.45) is 12.2. The molecular formula is C24H34N4. The van der Waals surface area contributed by atoms with Crippen LogP contribution in [0.4, 0.5) is 0 Å². The van der Waals surface area contributed by atoms with Crippen molar-refractivity contribution in [2.24, 2.45) is 13.0 Å². The van der Waals surface area contributed by atoms with E-state index in [2.05, 4.69) is 58.1 Å². The third-order valence-corrected chi connectivity index (χ3v) is 7.05. The molecule has 5 rings (SSSR count). The zero-order valence-electron chi connectivity index (χ0n) is 17.4. The average Bonchev–Trinajstić information content (AvgIpc) is 3.60. The van der Waals surface area contributed by atoms with Crippen molar-refractivity contribution in [2.45, 2.75) is 70.0 Å². The molecule has 150 valence electrons. The Morgan fingerprint density at radius 1 is 1.14 bits per heavy atom. The Hall–Kier alpha value is -1.65. The SMILES string of the molecule is Cc1cc(CNC[C@@H]2CCCN(C3CC3)[C@H]2c2cncn2C)ccc1C1CC1. The Balaban J connectivity index is 1.25. The molecule has 1 saturated heterocycles. The zero-order chi connectivity index (χ0) is 19.1. The topological polar surface area (TPSA) is 33.1 Å². The van der Waals surface area contributed by atoms with Crippen LogP contribution in [-0.2, 0) is 13.6 Å². The van der Waals surface area contributed by atoms with Gasteiger partial charge in [-0.05, 0) is 80.5 Å². The summed E-state index contributed by atoms with van der Waals surface area (Å²) in [7, 11) is 2.15. The fraction of sp³-hybridized carbons (Fsp3) is 0.625. The third kappa shape index (κ3) is 3.77. The molecule has 28 heavy (non-hydrogen) atoms. The van der Waals surface area contributed by atoms with E-state index in [-0.39, 0.29) is 0 Å². The molecule has 1 aromatic carbocycles. The maximum Gasteiger partial charge on any atom is 0.0946 e. The normalized spacial score (nSPS) is 25.9. The summed E-state index contributed by atoms with van der Waals surface area (Å²) in [6, 6.07) is 8.43. The molecule has 2 saturated carbocycles. The van der Waals surface area contributed by atoms with Crippen molar-refractivity contribution in [2.75, 3.05) is 13.1 Å². The van der Waals surface area contributed by atoms with E-state index in [4.69, 9.17) is 0 Å². The molecule has 0 unspecified atom stereocenters. The number of aryl methyl sites for hydroxylation is 2. The summed E-state index contributed by atoms with van der Waals surface area (Å²) < 4.78 is 2.23. The van der Waals surface area contributed by atoms with Crippen LogP contribution in [0.2, 0.25) is 0 Å². The fourth-order valence-corrected chi connectivity index (χ4v) is 5.30. The van der Waals surface area contributed by atoms with Crippen molar-refractivity contribution in [3.05, 3.63) is 53.1 Å². The van der Waals surface area contributed by atoms with E-state index in [1.807, 2.05) is 6.33 Å². The minimum atomic E-state index is 0.514. The number of rotatable bonds is 7. The average molecular weight is 379 g/mol. The molecule has 0 amide bonds. The first-order valence-electron chi connectivity index (χ1n) is 11.2. The number of imidazole rings is 1. The van der Waals surface area contributed by atoms with Gasteiger partial charge >= 0.3 is 0 Å². The Morgan fingerprint density at radius 2 is 2.00 bits per heavy atom. The molecule has 2 aliphatic carbocycles. The number of hydrogen-bond donors (Lipinski definition) is 1. The first kappa shape index (κ1) is 18.4. The lowest BCUT2D eigenvalue weighted by atomic mass is 9.86. The molecule has 2 heterocycles. The van der Waals surface area contributed by atoms with Crippen molar-refractivity contribution in [3.63, 3.8) is 0 Å². The second kappa shape index (κ2) is 7.64. The quantitative estimate of drug-likeness (QED) is 0.779. The van der Waals surface area contributed by atoms with E-state index in [0.717, 1.165) is 25.0 Å². The first-order chi connectivity index (χ1) is 13.7. The molecule has 0 spiro atoms. The Labute approximate surface area is 169 Å². The van der Waals surface area contributed by atoms with Crippen molar-refractivity contribution in [1.29, 1.82) is 0 Å². The van der Waals surface area contributed by atoms with Gasteiger partial charge in [-0.2, -0.15) is 0 Å². The number of hydrogen-bond acceptors (Lipinski definition) is 3. The summed E-state index contributed by atoms with van der Waals surface area (Å²) in [5, 5.41) is 3.80. The molecule has 1 aliphatic heterocycles. The van der Waals surface area contributed by atoms with E-state index in [0.29, 0.717) is 12.0 Å². The molecule has 2 aromatic rings. The Bertz CT molecular complexity index is 818. The van der Waals surface area contributed by atoms with Crippen LogP contribution in [0.3, 0.4) is 0 Å². The highest BCUT2D eigenvalue weighted by molar-refractivity contribution is 5.35. The Kier molecular flexibility index (Phi) is 5.02. The van der Waals surface area contributed by atoms with Crippen molar-refractivity contribution >= 4 is 0 Å². The summed E-state index contributed by atoms with van der Waals surface area (Å²) in [5.74, 6) is 1.51. The van der Waals surface area contributed by atoms with Gasteiger partial charge in [0.2, 0.25) is 0 Å². The van der Waals surface area contributed by atoms with Gasteiger partial charge in [0.25, 0.3) is 0 Å². The number of piperidine rings is 1. The van der Waals surface area contributed by atoms with Gasteiger partial charge in [-0.15, -0.1) is 0 Å². The maximum absolute atomic E-state index is 4.43. The second-order valence-electron chi connectivity index (χ2n) is 9.34. The van der Waals surface area contributed by atoms with Gasteiger partial charge in [-0.3, -0.25) is 4.90 Å². The van der Waals surface area contributed by atoms with E-state index in [9.17, 15) is 0 Å². The highest BCUT2D eigenvalue weighted by Gasteiger charge is 2.41. The van der Waals surface area contributed by atoms with E-state index < -0.39 is 0 Å². The molecule has 0 bridgehead atoms. The van der Waals surface area contributed by atoms with Crippen LogP contribution in [-0.4, -0.2) is 33.6 Å². The summed E-state index contributed by atoms with van der Waals surface area (Å²) >= 11 is 0. The van der Waals surface area contributed by atoms with Crippen molar-refractivity contribution in [3.8, 4) is 0 Å². The highest BCUT2D eigenvalue weighted by Crippen LogP contribution is 2.43. The van der Waals surface area contributed by atoms with Crippen LogP contribution in [0, 0.1) is 12.8 Å². The molecule has 1 N–H and O–H groups in total. The van der Waals surface area contributed by atoms with Gasteiger partial charge in [-0.1, -0.05) is 18.2 Å². The monoisotopic (exact) mass is 378 g/mol. The maximum atomic E-state index is 4.43. The second-order valence-corrected chi connectivity index (χ2v) is 9.34. The van der Waals surface area contributed by atoms with Gasteiger partial charge in [-0.25, -0.2) is 4.98 Å². The molecule has 4 nitrogen and oxygen atoms in total. The lowest BCUT2D eigenvalue weighted by Gasteiger charge is -2.42. The van der Waals surface area contributed by atoms with Crippen LogP contribution in [0.1, 0.15) is 72.9 Å². The van der Waals surface area contributed by atoms with Gasteiger partial charge in [0, 0.05) is 32.4 Å². The van der Waals surface area contributed by atoms with Gasteiger partial charge < -0.3 is 9.88 Å². The smallest absolute Gasteiger partial charge is 0.0946 e. The number of nitrogens with one attached hydrogen (secondary N) is 1. The lowest BCUT2D eigenvalue weighted by molar-refractivity contribution is 0.0784. The number of likely N-dealkylation sites (tertiary alicyclic amines) is 1. The molecule has 3 fully saturated rings. The van der Waals surface area contributed by atoms with Crippen molar-refractivity contribution in [1.82, 2.24) is 19.8 Å². The minimum Gasteiger partial charge on any atom is -0.336 e. The molecule has 4 heteroatoms. The largest absolute Gasteiger partial charge is 0.336 e. The highest BCUT2D eigenvalue weighted by atomic mass is 15.2. The predicted molar refractivity (Wildman–Crippen MR) is 113 cm³/mol. The fourth-order valence-electron chi connectivity index (χ4n) is 5.30. The third-order valence-electron chi connectivity index (χ3n) is 7.05. The summed E-state index contributed by atoms with van der Waals surface area (Å²) in [6.45, 7) is 5.59. The standard InChI is InChI=1S/C24H34N4/c1-17-12-18(5-10-22(17)19-6-7-19)13-25-14-20-4-3-11-28(21-8-9-21)24(20)23-15-26-16-27(23)2/h5,10,12,15-16,19-21,24-25H,3-4,6-9,11,13-14H2,1-2H3/t20-,24+/m0/s1. The van der Waals surface area contributed by atoms with Crippen LogP contribution >= 0.6 is 0 Å². The minimum absolute atomic E-state index is 0.514. The van der Waals surface area contributed by atoms with Crippen LogP contribution < -0.4 is 5.32 Å². The summed E-state index contributed by atoms with van der Waals surface area (Å²) in [5.41, 5.74) is 5.87. The van der Waals surface area contributed by atoms with E-state index in [1.165, 1.54) is 61.9 Å². The van der Waals surface area contributed by atoms with Gasteiger partial charge in [0.15, 0.2) is 0 Å². The number of nitrogens with zero attached hydrogens (tertiary/aromatic N) is 3.